The molecular weight excluding hydrogens is 222 g/mol. The summed E-state index contributed by atoms with van der Waals surface area (Å²) in [6.07, 6.45) is 15.2. The number of nitrogens with one attached hydrogen (secondary N) is 1. The predicted octanol–water partition coefficient (Wildman–Crippen LogP) is 3.65. The molecule has 2 saturated carbocycles. The topological polar surface area (TPSA) is 21.3 Å². The summed E-state index contributed by atoms with van der Waals surface area (Å²) in [6, 6.07) is 0.733. The van der Waals surface area contributed by atoms with Crippen molar-refractivity contribution in [1.82, 2.24) is 5.32 Å². The number of hydrogen-bond donors (Lipinski definition) is 1. The molecule has 18 heavy (non-hydrogen) atoms. The van der Waals surface area contributed by atoms with Crippen molar-refractivity contribution in [2.75, 3.05) is 13.2 Å². The van der Waals surface area contributed by atoms with E-state index in [0.717, 1.165) is 18.6 Å². The highest BCUT2D eigenvalue weighted by Gasteiger charge is 2.38. The minimum Gasteiger partial charge on any atom is -0.375 e. The quantitative estimate of drug-likeness (QED) is 0.823. The van der Waals surface area contributed by atoms with Crippen molar-refractivity contribution in [3.05, 3.63) is 0 Å². The Labute approximate surface area is 112 Å². The molecule has 1 spiro atoms. The first-order valence-corrected chi connectivity index (χ1v) is 8.24. The standard InChI is InChI=1S/C16H29NO/c1-2-9-16(10-3-1)13-15(8-12-18-16)17-11-7-14-5-4-6-14/h14-15,17H,1-13H2. The van der Waals surface area contributed by atoms with Gasteiger partial charge in [-0.25, -0.2) is 0 Å². The van der Waals surface area contributed by atoms with E-state index in [4.69, 9.17) is 4.74 Å². The van der Waals surface area contributed by atoms with Gasteiger partial charge < -0.3 is 10.1 Å². The van der Waals surface area contributed by atoms with E-state index in [-0.39, 0.29) is 5.60 Å². The Bertz CT molecular complexity index is 250. The SMILES string of the molecule is C1CCC2(CC1)CC(NCCC1CCC1)CCO2. The van der Waals surface area contributed by atoms with Gasteiger partial charge in [-0.05, 0) is 44.6 Å². The van der Waals surface area contributed by atoms with Crippen LogP contribution >= 0.6 is 0 Å². The summed E-state index contributed by atoms with van der Waals surface area (Å²) < 4.78 is 6.16. The van der Waals surface area contributed by atoms with E-state index in [9.17, 15) is 0 Å². The smallest absolute Gasteiger partial charge is 0.0697 e. The zero-order valence-electron chi connectivity index (χ0n) is 11.8. The summed E-state index contributed by atoms with van der Waals surface area (Å²) in [7, 11) is 0. The summed E-state index contributed by atoms with van der Waals surface area (Å²) in [6.45, 7) is 2.23. The van der Waals surface area contributed by atoms with Crippen LogP contribution in [0.3, 0.4) is 0 Å². The highest BCUT2D eigenvalue weighted by atomic mass is 16.5. The largest absolute Gasteiger partial charge is 0.375 e. The van der Waals surface area contributed by atoms with E-state index in [1.165, 1.54) is 77.2 Å². The van der Waals surface area contributed by atoms with E-state index in [0.29, 0.717) is 0 Å². The molecule has 2 heteroatoms. The normalized spacial score (nSPS) is 32.3. The van der Waals surface area contributed by atoms with Crippen LogP contribution in [0.2, 0.25) is 0 Å². The van der Waals surface area contributed by atoms with Crippen LogP contribution in [-0.4, -0.2) is 24.8 Å². The van der Waals surface area contributed by atoms with Crippen LogP contribution in [0.4, 0.5) is 0 Å². The molecule has 0 radical (unpaired) electrons. The van der Waals surface area contributed by atoms with Gasteiger partial charge in [0.25, 0.3) is 0 Å². The fraction of sp³-hybridized carbons (Fsp3) is 1.00. The van der Waals surface area contributed by atoms with Crippen LogP contribution in [0.25, 0.3) is 0 Å². The first kappa shape index (κ1) is 12.9. The highest BCUT2D eigenvalue weighted by molar-refractivity contribution is 4.92. The van der Waals surface area contributed by atoms with Gasteiger partial charge in [0.05, 0.1) is 5.60 Å². The minimum atomic E-state index is 0.268. The molecule has 0 bridgehead atoms. The van der Waals surface area contributed by atoms with E-state index in [2.05, 4.69) is 5.32 Å². The average Bonchev–Trinajstić information content (AvgIpc) is 2.34. The maximum atomic E-state index is 6.16. The van der Waals surface area contributed by atoms with Crippen molar-refractivity contribution in [2.45, 2.75) is 82.3 Å². The molecule has 3 rings (SSSR count). The number of rotatable bonds is 4. The molecule has 0 aromatic rings. The summed E-state index contributed by atoms with van der Waals surface area (Å²) in [4.78, 5) is 0. The lowest BCUT2D eigenvalue weighted by Gasteiger charge is -2.44. The molecule has 0 amide bonds. The first-order chi connectivity index (χ1) is 8.86. The molecule has 2 aliphatic carbocycles. The molecule has 0 aromatic heterocycles. The van der Waals surface area contributed by atoms with Crippen LogP contribution in [-0.2, 0) is 4.74 Å². The van der Waals surface area contributed by atoms with Crippen molar-refractivity contribution in [1.29, 1.82) is 0 Å². The molecule has 2 nitrogen and oxygen atoms in total. The Balaban J connectivity index is 1.41. The fourth-order valence-corrected chi connectivity index (χ4v) is 4.02. The van der Waals surface area contributed by atoms with Crippen molar-refractivity contribution >= 4 is 0 Å². The molecule has 0 aromatic carbocycles. The molecular formula is C16H29NO. The molecule has 1 atom stereocenters. The van der Waals surface area contributed by atoms with Crippen LogP contribution < -0.4 is 5.32 Å². The fourth-order valence-electron chi connectivity index (χ4n) is 4.02. The maximum absolute atomic E-state index is 6.16. The van der Waals surface area contributed by atoms with Crippen molar-refractivity contribution in [3.63, 3.8) is 0 Å². The van der Waals surface area contributed by atoms with Crippen molar-refractivity contribution in [3.8, 4) is 0 Å². The third-order valence-electron chi connectivity index (χ3n) is 5.47. The van der Waals surface area contributed by atoms with Crippen molar-refractivity contribution in [2.24, 2.45) is 5.92 Å². The van der Waals surface area contributed by atoms with Gasteiger partial charge in [-0.1, -0.05) is 38.5 Å². The van der Waals surface area contributed by atoms with Gasteiger partial charge in [0.15, 0.2) is 0 Å². The summed E-state index contributed by atoms with van der Waals surface area (Å²) in [5, 5.41) is 3.81. The van der Waals surface area contributed by atoms with E-state index in [1.807, 2.05) is 0 Å². The Hall–Kier alpha value is -0.0800. The van der Waals surface area contributed by atoms with Gasteiger partial charge in [-0.15, -0.1) is 0 Å². The van der Waals surface area contributed by atoms with Gasteiger partial charge >= 0.3 is 0 Å². The molecule has 104 valence electrons. The molecule has 1 aliphatic heterocycles. The van der Waals surface area contributed by atoms with Gasteiger partial charge in [0.1, 0.15) is 0 Å². The predicted molar refractivity (Wildman–Crippen MR) is 74.8 cm³/mol. The minimum absolute atomic E-state index is 0.268. The Morgan fingerprint density at radius 3 is 2.56 bits per heavy atom. The lowest BCUT2D eigenvalue weighted by Crippen LogP contribution is -2.48. The van der Waals surface area contributed by atoms with Gasteiger partial charge in [0, 0.05) is 12.6 Å². The van der Waals surface area contributed by atoms with Gasteiger partial charge in [-0.3, -0.25) is 0 Å². The molecule has 1 saturated heterocycles. The van der Waals surface area contributed by atoms with Crippen LogP contribution in [0.1, 0.15) is 70.6 Å². The van der Waals surface area contributed by atoms with Crippen LogP contribution in [0, 0.1) is 5.92 Å². The lowest BCUT2D eigenvalue weighted by atomic mass is 9.78. The highest BCUT2D eigenvalue weighted by Crippen LogP contribution is 2.38. The zero-order chi connectivity index (χ0) is 12.3. The third kappa shape index (κ3) is 3.08. The summed E-state index contributed by atoms with van der Waals surface area (Å²) in [5.41, 5.74) is 0.268. The van der Waals surface area contributed by atoms with Crippen molar-refractivity contribution < 1.29 is 4.74 Å². The zero-order valence-corrected chi connectivity index (χ0v) is 11.8. The second kappa shape index (κ2) is 5.92. The van der Waals surface area contributed by atoms with E-state index >= 15 is 0 Å². The molecule has 1 heterocycles. The summed E-state index contributed by atoms with van der Waals surface area (Å²) in [5.74, 6) is 1.04. The lowest BCUT2D eigenvalue weighted by molar-refractivity contribution is -0.109. The molecule has 3 aliphatic rings. The van der Waals surface area contributed by atoms with Gasteiger partial charge in [0.2, 0.25) is 0 Å². The second-order valence-corrected chi connectivity index (χ2v) is 6.82. The molecule has 3 fully saturated rings. The van der Waals surface area contributed by atoms with E-state index < -0.39 is 0 Å². The third-order valence-corrected chi connectivity index (χ3v) is 5.47. The summed E-state index contributed by atoms with van der Waals surface area (Å²) >= 11 is 0. The Kier molecular flexibility index (Phi) is 4.25. The Morgan fingerprint density at radius 1 is 1.00 bits per heavy atom. The Morgan fingerprint density at radius 2 is 1.83 bits per heavy atom. The van der Waals surface area contributed by atoms with Crippen LogP contribution in [0.15, 0.2) is 0 Å². The molecule has 1 unspecified atom stereocenters. The number of hydrogen-bond acceptors (Lipinski definition) is 2. The van der Waals surface area contributed by atoms with E-state index in [1.54, 1.807) is 0 Å². The van der Waals surface area contributed by atoms with Gasteiger partial charge in [-0.2, -0.15) is 0 Å². The average molecular weight is 251 g/mol. The second-order valence-electron chi connectivity index (χ2n) is 6.82. The number of ether oxygens (including phenoxy) is 1. The van der Waals surface area contributed by atoms with Crippen LogP contribution in [0.5, 0.6) is 0 Å². The monoisotopic (exact) mass is 251 g/mol. The first-order valence-electron chi connectivity index (χ1n) is 8.24. The maximum Gasteiger partial charge on any atom is 0.0697 e. The molecule has 1 N–H and O–H groups in total.